The number of rotatable bonds is 3. The number of hydrogen-bond acceptors (Lipinski definition) is 3. The molecule has 3 nitrogen and oxygen atoms in total. The first kappa shape index (κ1) is 15.9. The summed E-state index contributed by atoms with van der Waals surface area (Å²) in [6, 6.07) is 7.69. The summed E-state index contributed by atoms with van der Waals surface area (Å²) in [6.45, 7) is 4.12. The molecule has 6 heteroatoms. The summed E-state index contributed by atoms with van der Waals surface area (Å²) in [6.07, 6.45) is 3.69. The van der Waals surface area contributed by atoms with E-state index in [9.17, 15) is 4.79 Å². The van der Waals surface area contributed by atoms with Gasteiger partial charge in [0.1, 0.15) is 4.49 Å². The zero-order chi connectivity index (χ0) is 16.1. The van der Waals surface area contributed by atoms with Gasteiger partial charge in [-0.25, -0.2) is 4.98 Å². The first-order valence-electron chi connectivity index (χ1n) is 6.96. The molecule has 0 radical (unpaired) electrons. The Morgan fingerprint density at radius 3 is 2.68 bits per heavy atom. The smallest absolute Gasteiger partial charge is 0.237 e. The van der Waals surface area contributed by atoms with Crippen LogP contribution in [0.5, 0.6) is 0 Å². The fourth-order valence-corrected chi connectivity index (χ4v) is 3.92. The van der Waals surface area contributed by atoms with Gasteiger partial charge in [-0.3, -0.25) is 9.36 Å². The van der Waals surface area contributed by atoms with Crippen LogP contribution in [0.4, 0.5) is 0 Å². The molecule has 1 aromatic carbocycles. The molecule has 1 aliphatic rings. The van der Waals surface area contributed by atoms with Gasteiger partial charge in [0, 0.05) is 0 Å². The Labute approximate surface area is 143 Å². The van der Waals surface area contributed by atoms with E-state index in [0.29, 0.717) is 5.16 Å². The van der Waals surface area contributed by atoms with E-state index < -0.39 is 0 Å². The van der Waals surface area contributed by atoms with Crippen molar-refractivity contribution in [1.29, 1.82) is 0 Å². The number of carbonyl (C=O) groups excluding carboxylic acids is 1. The standard InChI is InChI=1S/C16H16Cl2N2OS/c1-16(2)9(8-12(17)18)13(16)14(21)20-11-7-5-4-6-10(11)19-15(20)22-3/h4-9,13H,1-3H3/t9-,13+/m0/s1. The molecule has 1 heterocycles. The van der Waals surface area contributed by atoms with Gasteiger partial charge in [0.25, 0.3) is 0 Å². The lowest BCUT2D eigenvalue weighted by atomic mass is 10.1. The van der Waals surface area contributed by atoms with Gasteiger partial charge < -0.3 is 0 Å². The largest absolute Gasteiger partial charge is 0.274 e. The van der Waals surface area contributed by atoms with E-state index in [1.165, 1.54) is 11.8 Å². The molecule has 2 atom stereocenters. The van der Waals surface area contributed by atoms with Gasteiger partial charge in [-0.1, -0.05) is 60.9 Å². The second-order valence-corrected chi connectivity index (χ2v) is 7.82. The molecule has 1 aliphatic carbocycles. The quantitative estimate of drug-likeness (QED) is 0.728. The number of thioether (sulfide) groups is 1. The summed E-state index contributed by atoms with van der Waals surface area (Å²) in [5.74, 6) is -0.0248. The topological polar surface area (TPSA) is 34.9 Å². The number of allylic oxidation sites excluding steroid dienone is 1. The van der Waals surface area contributed by atoms with Crippen molar-refractivity contribution in [2.45, 2.75) is 19.0 Å². The molecule has 0 spiro atoms. The Hall–Kier alpha value is -0.970. The third-order valence-corrected chi connectivity index (χ3v) is 5.31. The van der Waals surface area contributed by atoms with Crippen molar-refractivity contribution in [2.24, 2.45) is 17.3 Å². The zero-order valence-electron chi connectivity index (χ0n) is 12.5. The van der Waals surface area contributed by atoms with Crippen molar-refractivity contribution >= 4 is 51.9 Å². The summed E-state index contributed by atoms with van der Waals surface area (Å²) in [4.78, 5) is 17.6. The number of fused-ring (bicyclic) bond motifs is 1. The first-order chi connectivity index (χ1) is 10.4. The molecule has 0 unspecified atom stereocenters. The van der Waals surface area contributed by atoms with Crippen LogP contribution >= 0.6 is 35.0 Å². The highest BCUT2D eigenvalue weighted by Crippen LogP contribution is 2.60. The second-order valence-electron chi connectivity index (χ2n) is 6.04. The summed E-state index contributed by atoms with van der Waals surface area (Å²) in [5.41, 5.74) is 1.54. The Balaban J connectivity index is 2.05. The van der Waals surface area contributed by atoms with Gasteiger partial charge in [0.2, 0.25) is 5.91 Å². The lowest BCUT2D eigenvalue weighted by Gasteiger charge is -2.07. The molecule has 0 bridgehead atoms. The van der Waals surface area contributed by atoms with Crippen molar-refractivity contribution in [3.05, 3.63) is 34.8 Å². The van der Waals surface area contributed by atoms with Gasteiger partial charge in [0.15, 0.2) is 5.16 Å². The fraction of sp³-hybridized carbons (Fsp3) is 0.375. The molecular weight excluding hydrogens is 339 g/mol. The van der Waals surface area contributed by atoms with Crippen molar-refractivity contribution in [3.63, 3.8) is 0 Å². The van der Waals surface area contributed by atoms with E-state index in [0.717, 1.165) is 11.0 Å². The van der Waals surface area contributed by atoms with Crippen molar-refractivity contribution < 1.29 is 4.79 Å². The second kappa shape index (κ2) is 5.59. The molecule has 0 N–H and O–H groups in total. The van der Waals surface area contributed by atoms with Crippen LogP contribution in [0.1, 0.15) is 18.6 Å². The van der Waals surface area contributed by atoms with E-state index in [1.807, 2.05) is 30.5 Å². The summed E-state index contributed by atoms with van der Waals surface area (Å²) in [7, 11) is 0. The van der Waals surface area contributed by atoms with E-state index in [4.69, 9.17) is 23.2 Å². The zero-order valence-corrected chi connectivity index (χ0v) is 14.8. The van der Waals surface area contributed by atoms with Gasteiger partial charge in [-0.05, 0) is 35.8 Å². The minimum Gasteiger partial charge on any atom is -0.274 e. The predicted octanol–water partition coefficient (Wildman–Crippen LogP) is 4.99. The Morgan fingerprint density at radius 1 is 1.36 bits per heavy atom. The van der Waals surface area contributed by atoms with E-state index in [-0.39, 0.29) is 27.6 Å². The highest BCUT2D eigenvalue weighted by molar-refractivity contribution is 7.98. The normalized spacial score (nSPS) is 22.6. The summed E-state index contributed by atoms with van der Waals surface area (Å²) >= 11 is 13.0. The molecular formula is C16H16Cl2N2OS. The number of hydrogen-bond donors (Lipinski definition) is 0. The number of benzene rings is 1. The summed E-state index contributed by atoms with van der Waals surface area (Å²) < 4.78 is 1.94. The summed E-state index contributed by atoms with van der Waals surface area (Å²) in [5, 5.41) is 0.716. The maximum absolute atomic E-state index is 13.1. The van der Waals surface area contributed by atoms with Crippen LogP contribution in [0, 0.1) is 17.3 Å². The Bertz CT molecular complexity index is 778. The highest BCUT2D eigenvalue weighted by atomic mass is 35.5. The molecule has 116 valence electrons. The number of halogens is 2. The predicted molar refractivity (Wildman–Crippen MR) is 92.7 cm³/mol. The van der Waals surface area contributed by atoms with Crippen LogP contribution in [0.15, 0.2) is 40.0 Å². The number of nitrogens with zero attached hydrogens (tertiary/aromatic N) is 2. The monoisotopic (exact) mass is 354 g/mol. The first-order valence-corrected chi connectivity index (χ1v) is 8.94. The van der Waals surface area contributed by atoms with E-state index >= 15 is 0 Å². The molecule has 0 aliphatic heterocycles. The van der Waals surface area contributed by atoms with Gasteiger partial charge >= 0.3 is 0 Å². The van der Waals surface area contributed by atoms with Crippen molar-refractivity contribution in [2.75, 3.05) is 6.26 Å². The van der Waals surface area contributed by atoms with Crippen LogP contribution in [-0.2, 0) is 0 Å². The number of imidazole rings is 1. The number of aromatic nitrogens is 2. The molecule has 2 aromatic rings. The molecule has 3 rings (SSSR count). The van der Waals surface area contributed by atoms with Gasteiger partial charge in [-0.15, -0.1) is 0 Å². The molecule has 0 saturated heterocycles. The van der Waals surface area contributed by atoms with Crippen LogP contribution < -0.4 is 0 Å². The van der Waals surface area contributed by atoms with Crippen LogP contribution in [-0.4, -0.2) is 21.7 Å². The fourth-order valence-electron chi connectivity index (χ4n) is 3.09. The molecule has 1 aromatic heterocycles. The maximum atomic E-state index is 13.1. The minimum atomic E-state index is -0.146. The van der Waals surface area contributed by atoms with Gasteiger partial charge in [-0.2, -0.15) is 0 Å². The minimum absolute atomic E-state index is 0.0545. The third kappa shape index (κ3) is 2.47. The van der Waals surface area contributed by atoms with Crippen LogP contribution in [0.2, 0.25) is 0 Å². The lowest BCUT2D eigenvalue weighted by molar-refractivity contribution is 0.0863. The molecule has 1 fully saturated rings. The average molecular weight is 355 g/mol. The molecule has 0 amide bonds. The van der Waals surface area contributed by atoms with Gasteiger partial charge in [0.05, 0.1) is 17.0 Å². The Kier molecular flexibility index (Phi) is 4.04. The van der Waals surface area contributed by atoms with E-state index in [1.54, 1.807) is 10.6 Å². The molecule has 1 saturated carbocycles. The van der Waals surface area contributed by atoms with Crippen LogP contribution in [0.25, 0.3) is 11.0 Å². The van der Waals surface area contributed by atoms with E-state index in [2.05, 4.69) is 18.8 Å². The SMILES string of the molecule is CSc1nc2ccccc2n1C(=O)[C@H]1[C@H](C=C(Cl)Cl)C1(C)C. The number of para-hydroxylation sites is 2. The molecule has 22 heavy (non-hydrogen) atoms. The number of carbonyl (C=O) groups is 1. The average Bonchev–Trinajstić information content (AvgIpc) is 2.84. The highest BCUT2D eigenvalue weighted by Gasteiger charge is 2.61. The third-order valence-electron chi connectivity index (χ3n) is 4.42. The maximum Gasteiger partial charge on any atom is 0.237 e. The lowest BCUT2D eigenvalue weighted by Crippen LogP contribution is -2.16. The Morgan fingerprint density at radius 2 is 2.05 bits per heavy atom. The van der Waals surface area contributed by atoms with Crippen LogP contribution in [0.3, 0.4) is 0 Å². The van der Waals surface area contributed by atoms with Crippen molar-refractivity contribution in [1.82, 2.24) is 9.55 Å². The van der Waals surface area contributed by atoms with Crippen molar-refractivity contribution in [3.8, 4) is 0 Å².